The molecule has 2 atom stereocenters. The number of aliphatic hydroxyl groups is 1. The lowest BCUT2D eigenvalue weighted by atomic mass is 10.2. The van der Waals surface area contributed by atoms with Gasteiger partial charge in [0.1, 0.15) is 6.04 Å². The highest BCUT2D eigenvalue weighted by Crippen LogP contribution is 2.20. The third-order valence-electron chi connectivity index (χ3n) is 3.97. The van der Waals surface area contributed by atoms with E-state index in [-0.39, 0.29) is 31.8 Å². The number of carbonyl (C=O) groups is 2. The van der Waals surface area contributed by atoms with Crippen LogP contribution in [0.25, 0.3) is 0 Å². The number of aliphatic hydroxyl groups excluding tert-OH is 1. The molecule has 1 aromatic rings. The van der Waals surface area contributed by atoms with Crippen LogP contribution in [-0.4, -0.2) is 57.2 Å². The lowest BCUT2D eigenvalue weighted by molar-refractivity contribution is -0.151. The third-order valence-corrected chi connectivity index (χ3v) is 3.97. The molecule has 8 nitrogen and oxygen atoms in total. The topological polar surface area (TPSA) is 102 Å². The van der Waals surface area contributed by atoms with Gasteiger partial charge >= 0.3 is 11.7 Å². The molecule has 0 radical (unpaired) electrons. The van der Waals surface area contributed by atoms with Crippen LogP contribution >= 0.6 is 0 Å². The highest BCUT2D eigenvalue weighted by atomic mass is 16.5. The number of β-amino-alcohol motifs (C(OH)–C–C–N with tert-alkyl or cyclic N) is 1. The lowest BCUT2D eigenvalue weighted by Gasteiger charge is -2.22. The molecule has 0 saturated carbocycles. The second-order valence-corrected chi connectivity index (χ2v) is 5.70. The van der Waals surface area contributed by atoms with Crippen LogP contribution in [0.3, 0.4) is 0 Å². The maximum Gasteiger partial charge on any atom is 0.347 e. The normalized spacial score (nSPS) is 20.6. The summed E-state index contributed by atoms with van der Waals surface area (Å²) in [4.78, 5) is 41.1. The Balaban J connectivity index is 2.07. The van der Waals surface area contributed by atoms with Crippen LogP contribution in [0.1, 0.15) is 24.2 Å². The van der Waals surface area contributed by atoms with Crippen LogP contribution in [-0.2, 0) is 20.9 Å². The van der Waals surface area contributed by atoms with Gasteiger partial charge in [0.25, 0.3) is 0 Å². The summed E-state index contributed by atoms with van der Waals surface area (Å²) >= 11 is 0. The van der Waals surface area contributed by atoms with Crippen LogP contribution in [0.2, 0.25) is 0 Å². The molecule has 2 rings (SSSR count). The van der Waals surface area contributed by atoms with E-state index in [1.54, 1.807) is 19.9 Å². The van der Waals surface area contributed by atoms with Gasteiger partial charge in [-0.2, -0.15) is 4.98 Å². The van der Waals surface area contributed by atoms with Crippen LogP contribution in [0.5, 0.6) is 0 Å². The van der Waals surface area contributed by atoms with Crippen molar-refractivity contribution in [3.05, 3.63) is 27.9 Å². The average molecular weight is 323 g/mol. The van der Waals surface area contributed by atoms with Crippen molar-refractivity contribution in [1.29, 1.82) is 0 Å². The maximum absolute atomic E-state index is 12.4. The van der Waals surface area contributed by atoms with Gasteiger partial charge < -0.3 is 14.7 Å². The minimum absolute atomic E-state index is 0.0473. The van der Waals surface area contributed by atoms with Crippen LogP contribution in [0, 0.1) is 13.8 Å². The van der Waals surface area contributed by atoms with Gasteiger partial charge in [-0.3, -0.25) is 9.36 Å². The molecule has 0 spiro atoms. The molecule has 23 heavy (non-hydrogen) atoms. The summed E-state index contributed by atoms with van der Waals surface area (Å²) in [6.07, 6.45) is -0.525. The van der Waals surface area contributed by atoms with Crippen LogP contribution in [0.15, 0.2) is 10.9 Å². The van der Waals surface area contributed by atoms with Crippen molar-refractivity contribution < 1.29 is 19.4 Å². The summed E-state index contributed by atoms with van der Waals surface area (Å²) < 4.78 is 6.09. The van der Waals surface area contributed by atoms with Crippen molar-refractivity contribution >= 4 is 11.9 Å². The fourth-order valence-corrected chi connectivity index (χ4v) is 2.85. The first-order valence-corrected chi connectivity index (χ1v) is 7.44. The zero-order valence-electron chi connectivity index (χ0n) is 13.5. The van der Waals surface area contributed by atoms with Crippen LogP contribution in [0.4, 0.5) is 0 Å². The summed E-state index contributed by atoms with van der Waals surface area (Å²) in [6, 6.07) is 0.999. The van der Waals surface area contributed by atoms with E-state index in [4.69, 9.17) is 0 Å². The molecule has 0 aliphatic carbocycles. The number of amides is 1. The van der Waals surface area contributed by atoms with Gasteiger partial charge in [-0.25, -0.2) is 9.59 Å². The molecule has 1 N–H and O–H groups in total. The number of rotatable bonds is 4. The minimum atomic E-state index is -0.767. The Morgan fingerprint density at radius 1 is 1.43 bits per heavy atom. The smallest absolute Gasteiger partial charge is 0.347 e. The van der Waals surface area contributed by atoms with Gasteiger partial charge in [0.15, 0.2) is 0 Å². The van der Waals surface area contributed by atoms with Crippen molar-refractivity contribution in [2.75, 3.05) is 13.7 Å². The Kier molecular flexibility index (Phi) is 5.15. The van der Waals surface area contributed by atoms with Gasteiger partial charge in [-0.15, -0.1) is 0 Å². The molecule has 1 fully saturated rings. The Bertz CT molecular complexity index is 670. The van der Waals surface area contributed by atoms with Gasteiger partial charge in [0.05, 0.1) is 13.2 Å². The van der Waals surface area contributed by atoms with E-state index in [9.17, 15) is 19.5 Å². The largest absolute Gasteiger partial charge is 0.467 e. The highest BCUT2D eigenvalue weighted by Gasteiger charge is 2.39. The Labute approximate surface area is 133 Å². The van der Waals surface area contributed by atoms with E-state index in [1.165, 1.54) is 16.6 Å². The average Bonchev–Trinajstić information content (AvgIpc) is 2.87. The summed E-state index contributed by atoms with van der Waals surface area (Å²) in [5, 5.41) is 9.70. The SMILES string of the molecule is COC(=O)[C@@H]1C[C@@H](O)CN1C(=O)CCn1c(C)cc(C)nc1=O. The summed E-state index contributed by atoms with van der Waals surface area (Å²) in [5.41, 5.74) is 0.950. The number of aromatic nitrogens is 2. The van der Waals surface area contributed by atoms with E-state index in [0.717, 1.165) is 5.69 Å². The van der Waals surface area contributed by atoms with E-state index >= 15 is 0 Å². The standard InChI is InChI=1S/C15H21N3O5/c1-9-6-10(2)17(15(22)16-9)5-4-13(20)18-8-11(19)7-12(18)14(21)23-3/h6,11-12,19H,4-5,7-8H2,1-3H3/t11-,12+/m1/s1. The van der Waals surface area contributed by atoms with Crippen molar-refractivity contribution in [2.45, 2.75) is 45.4 Å². The number of hydrogen-bond donors (Lipinski definition) is 1. The lowest BCUT2D eigenvalue weighted by Crippen LogP contribution is -2.42. The van der Waals surface area contributed by atoms with Crippen molar-refractivity contribution in [2.24, 2.45) is 0 Å². The molecular weight excluding hydrogens is 302 g/mol. The molecule has 1 amide bonds. The molecule has 2 heterocycles. The van der Waals surface area contributed by atoms with E-state index in [1.807, 2.05) is 0 Å². The Morgan fingerprint density at radius 3 is 2.74 bits per heavy atom. The molecule has 126 valence electrons. The molecule has 1 aliphatic rings. The first-order chi connectivity index (χ1) is 10.8. The van der Waals surface area contributed by atoms with Crippen molar-refractivity contribution in [3.63, 3.8) is 0 Å². The van der Waals surface area contributed by atoms with Gasteiger partial charge in [0.2, 0.25) is 5.91 Å². The molecular formula is C15H21N3O5. The molecule has 0 bridgehead atoms. The first kappa shape index (κ1) is 17.1. The molecule has 8 heteroatoms. The van der Waals surface area contributed by atoms with Gasteiger partial charge in [0, 0.05) is 37.3 Å². The predicted molar refractivity (Wildman–Crippen MR) is 80.7 cm³/mol. The van der Waals surface area contributed by atoms with E-state index in [0.29, 0.717) is 5.69 Å². The quantitative estimate of drug-likeness (QED) is 0.741. The zero-order chi connectivity index (χ0) is 17.1. The summed E-state index contributed by atoms with van der Waals surface area (Å²) in [6.45, 7) is 3.78. The molecule has 1 saturated heterocycles. The number of esters is 1. The second-order valence-electron chi connectivity index (χ2n) is 5.70. The number of aryl methyl sites for hydroxylation is 2. The van der Waals surface area contributed by atoms with Crippen molar-refractivity contribution in [1.82, 2.24) is 14.5 Å². The minimum Gasteiger partial charge on any atom is -0.467 e. The van der Waals surface area contributed by atoms with Gasteiger partial charge in [-0.05, 0) is 19.9 Å². The summed E-state index contributed by atoms with van der Waals surface area (Å²) in [7, 11) is 1.25. The Hall–Kier alpha value is -2.22. The monoisotopic (exact) mass is 323 g/mol. The number of hydrogen-bond acceptors (Lipinski definition) is 6. The maximum atomic E-state index is 12.4. The number of likely N-dealkylation sites (tertiary alicyclic amines) is 1. The second kappa shape index (κ2) is 6.91. The van der Waals surface area contributed by atoms with Gasteiger partial charge in [-0.1, -0.05) is 0 Å². The summed E-state index contributed by atoms with van der Waals surface area (Å²) in [5.74, 6) is -0.843. The number of ether oxygens (including phenoxy) is 1. The number of carbonyl (C=O) groups excluding carboxylic acids is 2. The zero-order valence-corrected chi connectivity index (χ0v) is 13.5. The van der Waals surface area contributed by atoms with Crippen LogP contribution < -0.4 is 5.69 Å². The predicted octanol–water partition coefficient (Wildman–Crippen LogP) is -0.615. The Morgan fingerprint density at radius 2 is 2.13 bits per heavy atom. The molecule has 0 unspecified atom stereocenters. The van der Waals surface area contributed by atoms with E-state index in [2.05, 4.69) is 9.72 Å². The fourth-order valence-electron chi connectivity index (χ4n) is 2.85. The van der Waals surface area contributed by atoms with Crippen molar-refractivity contribution in [3.8, 4) is 0 Å². The first-order valence-electron chi connectivity index (χ1n) is 7.44. The number of nitrogens with zero attached hydrogens (tertiary/aromatic N) is 3. The number of methoxy groups -OCH3 is 1. The van der Waals surface area contributed by atoms with E-state index < -0.39 is 23.8 Å². The highest BCUT2D eigenvalue weighted by molar-refractivity contribution is 5.85. The molecule has 0 aromatic carbocycles. The molecule has 1 aliphatic heterocycles. The third kappa shape index (κ3) is 3.76. The fraction of sp³-hybridized carbons (Fsp3) is 0.600. The molecule has 1 aromatic heterocycles.